The van der Waals surface area contributed by atoms with E-state index in [4.69, 9.17) is 44.3 Å². The number of anilines is 1. The number of aromatic nitrogens is 2. The number of fused-ring (bicyclic) bond motifs is 1. The number of carbonyl (C=O) groups is 2. The fraction of sp³-hybridized carbons (Fsp3) is 0.643. The van der Waals surface area contributed by atoms with Gasteiger partial charge in [-0.2, -0.15) is 5.26 Å². The summed E-state index contributed by atoms with van der Waals surface area (Å²) >= 11 is 6.38. The second kappa shape index (κ2) is 15.0. The lowest BCUT2D eigenvalue weighted by Crippen LogP contribution is -2.36. The number of nitriles is 1. The van der Waals surface area contributed by atoms with Crippen LogP contribution in [0.4, 0.5) is 15.3 Å². The first-order valence-electron chi connectivity index (χ1n) is 15.2. The molecule has 2 aliphatic heterocycles. The smallest absolute Gasteiger partial charge is 0.434 e. The number of sulfone groups is 1. The predicted molar refractivity (Wildman–Crippen MR) is 168 cm³/mol. The van der Waals surface area contributed by atoms with Crippen LogP contribution in [0.25, 0.3) is 11.0 Å². The van der Waals surface area contributed by atoms with Gasteiger partial charge in [0.2, 0.25) is 13.6 Å². The van der Waals surface area contributed by atoms with Crippen molar-refractivity contribution in [1.82, 2.24) is 9.55 Å². The number of cyclic esters (lactones) is 4. The number of rotatable bonds is 7. The summed E-state index contributed by atoms with van der Waals surface area (Å²) in [5.74, 6) is -0.972. The first kappa shape index (κ1) is 37.1. The molecule has 0 radical (unpaired) electrons. The number of halogens is 1. The topological polar surface area (TPSA) is 244 Å². The number of aliphatic hydroxyl groups excluding tert-OH is 2. The van der Waals surface area contributed by atoms with Crippen LogP contribution in [-0.2, 0) is 47.1 Å². The average Bonchev–Trinajstić information content (AvgIpc) is 3.75. The van der Waals surface area contributed by atoms with Crippen molar-refractivity contribution in [2.24, 2.45) is 5.41 Å². The molecule has 2 aromatic heterocycles. The zero-order valence-corrected chi connectivity index (χ0v) is 28.9. The predicted octanol–water partition coefficient (Wildman–Crippen LogP) is 3.39. The van der Waals surface area contributed by atoms with Crippen LogP contribution in [0.5, 0.6) is 0 Å². The van der Waals surface area contributed by atoms with Gasteiger partial charge in [0.05, 0.1) is 11.4 Å². The first-order valence-corrected chi connectivity index (χ1v) is 19.1. The minimum absolute atomic E-state index is 0.103. The molecule has 2 saturated heterocycles. The van der Waals surface area contributed by atoms with Crippen molar-refractivity contribution >= 4 is 58.1 Å². The number of nitrogens with one attached hydrogen (secondary N) is 1. The van der Waals surface area contributed by atoms with Crippen LogP contribution >= 0.6 is 19.2 Å². The van der Waals surface area contributed by atoms with Crippen molar-refractivity contribution in [3.63, 3.8) is 0 Å². The highest BCUT2D eigenvalue weighted by atomic mass is 35.5. The number of hydrogen-bond acceptors (Lipinski definition) is 17. The Kier molecular flexibility index (Phi) is 11.3. The van der Waals surface area contributed by atoms with Gasteiger partial charge in [-0.05, 0) is 18.9 Å². The van der Waals surface area contributed by atoms with Gasteiger partial charge in [0.1, 0.15) is 48.8 Å². The van der Waals surface area contributed by atoms with Crippen LogP contribution in [0.15, 0.2) is 12.3 Å². The summed E-state index contributed by atoms with van der Waals surface area (Å²) in [7, 11) is -9.24. The lowest BCUT2D eigenvalue weighted by molar-refractivity contribution is -0.0503. The van der Waals surface area contributed by atoms with E-state index in [9.17, 15) is 38.0 Å². The molecule has 18 nitrogen and oxygen atoms in total. The molecule has 0 aromatic carbocycles. The van der Waals surface area contributed by atoms with Gasteiger partial charge in [-0.25, -0.2) is 23.0 Å². The van der Waals surface area contributed by atoms with Gasteiger partial charge < -0.3 is 43.8 Å². The van der Waals surface area contributed by atoms with Crippen LogP contribution < -0.4 is 5.32 Å². The Morgan fingerprint density at radius 1 is 1.08 bits per heavy atom. The number of pyridine rings is 1. The molecule has 0 unspecified atom stereocenters. The summed E-state index contributed by atoms with van der Waals surface area (Å²) in [6.45, 7) is 0.699. The molecule has 2 aromatic rings. The molecule has 3 aliphatic rings. The quantitative estimate of drug-likeness (QED) is 0.208. The molecular weight excluding hydrogens is 715 g/mol. The fourth-order valence-electron chi connectivity index (χ4n) is 5.57. The first-order chi connectivity index (χ1) is 23.1. The fourth-order valence-corrected chi connectivity index (χ4v) is 10.0. The summed E-state index contributed by atoms with van der Waals surface area (Å²) < 4.78 is 76.4. The van der Waals surface area contributed by atoms with Crippen molar-refractivity contribution in [2.75, 3.05) is 43.4 Å². The molecule has 0 spiro atoms. The Hall–Kier alpha value is -3.21. The second-order valence-corrected chi connectivity index (χ2v) is 17.5. The SMILES string of the molecule is CC1(C)COC(=O)OCOP(=O)(CS(=O)(=O)C[C@H]2O[C@@H](n3ccc4c(NC5CCCC5)c(C#N)c(Cl)nc43)[C@H](O)[C@@H]2O)OCOC(=O)OC1. The van der Waals surface area contributed by atoms with Crippen molar-refractivity contribution in [3.8, 4) is 6.07 Å². The molecule has 270 valence electrons. The average molecular weight is 751 g/mol. The number of ether oxygens (including phenoxy) is 5. The standard InChI is InChI=1S/C28H36ClN4O14PS/c1-28(2)11-41-26(36)43-13-45-48(38,46-14-44-27(37)42-12-28)15-49(39,40)10-19-21(34)22(35)25(47-19)33-8-7-17-20(31-16-5-3-4-6-16)18(9-30)23(29)32-24(17)33/h7-8,16,19,21-22,25,34-35H,3-6,10-15H2,1-2H3,(H,31,32)/t19-,21-,22-,25-/m1/s1. The van der Waals surface area contributed by atoms with Gasteiger partial charge in [0.25, 0.3) is 0 Å². The summed E-state index contributed by atoms with van der Waals surface area (Å²) in [4.78, 5) is 28.2. The number of carbonyl (C=O) groups excluding carboxylic acids is 2. The molecule has 4 heterocycles. The van der Waals surface area contributed by atoms with E-state index < -0.39 is 84.5 Å². The third-order valence-corrected chi connectivity index (χ3v) is 13.0. The highest BCUT2D eigenvalue weighted by molar-refractivity contribution is 7.97. The Morgan fingerprint density at radius 2 is 1.69 bits per heavy atom. The van der Waals surface area contributed by atoms with Gasteiger partial charge in [0.15, 0.2) is 26.7 Å². The van der Waals surface area contributed by atoms with E-state index in [-0.39, 0.29) is 35.6 Å². The monoisotopic (exact) mass is 750 g/mol. The maximum atomic E-state index is 13.4. The normalized spacial score (nSPS) is 26.9. The van der Waals surface area contributed by atoms with E-state index in [1.165, 1.54) is 10.8 Å². The summed E-state index contributed by atoms with van der Waals surface area (Å²) in [6.07, 6.45) is -3.38. The van der Waals surface area contributed by atoms with E-state index in [0.29, 0.717) is 11.1 Å². The van der Waals surface area contributed by atoms with E-state index in [2.05, 4.69) is 16.4 Å². The minimum atomic E-state index is -4.73. The molecule has 0 amide bonds. The van der Waals surface area contributed by atoms with E-state index in [0.717, 1.165) is 25.7 Å². The highest BCUT2D eigenvalue weighted by Gasteiger charge is 2.47. The Labute approximate surface area is 285 Å². The van der Waals surface area contributed by atoms with Crippen molar-refractivity contribution in [1.29, 1.82) is 5.26 Å². The van der Waals surface area contributed by atoms with Gasteiger partial charge in [-0.3, -0.25) is 13.6 Å². The van der Waals surface area contributed by atoms with Crippen LogP contribution in [-0.4, -0.2) is 103 Å². The molecule has 3 fully saturated rings. The molecule has 1 aliphatic carbocycles. The van der Waals surface area contributed by atoms with Crippen LogP contribution in [0, 0.1) is 16.7 Å². The number of aliphatic hydroxyl groups is 2. The number of hydrogen-bond donors (Lipinski definition) is 3. The molecule has 1 saturated carbocycles. The Bertz CT molecular complexity index is 1730. The van der Waals surface area contributed by atoms with Gasteiger partial charge >= 0.3 is 19.9 Å². The maximum Gasteiger partial charge on any atom is 0.510 e. The van der Waals surface area contributed by atoms with Crippen molar-refractivity contribution in [3.05, 3.63) is 23.0 Å². The van der Waals surface area contributed by atoms with Crippen LogP contribution in [0.1, 0.15) is 51.3 Å². The van der Waals surface area contributed by atoms with Crippen molar-refractivity contribution < 1.29 is 65.5 Å². The van der Waals surface area contributed by atoms with Gasteiger partial charge in [-0.15, -0.1) is 0 Å². The molecule has 5 rings (SSSR count). The third-order valence-electron chi connectivity index (χ3n) is 8.03. The third kappa shape index (κ3) is 8.94. The van der Waals surface area contributed by atoms with E-state index >= 15 is 0 Å². The lowest BCUT2D eigenvalue weighted by atomic mass is 9.96. The molecule has 49 heavy (non-hydrogen) atoms. The second-order valence-electron chi connectivity index (χ2n) is 12.6. The zero-order chi connectivity index (χ0) is 35.6. The summed E-state index contributed by atoms with van der Waals surface area (Å²) in [5.41, 5.74) is -1.34. The van der Waals surface area contributed by atoms with Gasteiger partial charge in [-0.1, -0.05) is 38.3 Å². The largest absolute Gasteiger partial charge is 0.510 e. The maximum absolute atomic E-state index is 13.4. The highest BCUT2D eigenvalue weighted by Crippen LogP contribution is 2.50. The lowest BCUT2D eigenvalue weighted by Gasteiger charge is -2.24. The molecule has 3 N–H and O–H groups in total. The summed E-state index contributed by atoms with van der Waals surface area (Å²) in [6, 6.07) is 3.82. The van der Waals surface area contributed by atoms with Gasteiger partial charge in [0, 0.05) is 23.0 Å². The zero-order valence-electron chi connectivity index (χ0n) is 26.5. The molecular formula is C28H36ClN4O14PS. The summed E-state index contributed by atoms with van der Waals surface area (Å²) in [5, 5.41) is 35.3. The minimum Gasteiger partial charge on any atom is -0.434 e. The Balaban J connectivity index is 1.31. The molecule has 0 bridgehead atoms. The molecule has 21 heteroatoms. The van der Waals surface area contributed by atoms with Crippen molar-refractivity contribution in [2.45, 2.75) is 70.1 Å². The van der Waals surface area contributed by atoms with Crippen LogP contribution in [0.2, 0.25) is 5.15 Å². The van der Waals surface area contributed by atoms with E-state index in [1.54, 1.807) is 19.9 Å². The molecule has 4 atom stereocenters. The van der Waals surface area contributed by atoms with Crippen LogP contribution in [0.3, 0.4) is 0 Å². The number of nitrogens with zero attached hydrogens (tertiary/aromatic N) is 3. The Morgan fingerprint density at radius 3 is 2.29 bits per heavy atom. The van der Waals surface area contributed by atoms with E-state index in [1.807, 2.05) is 0 Å².